The standard InChI is InChI=1S/C33H36F2N2O6/c1-4-12-41-21-10-11-22(25(34)13-21)32-30(33(39)40)24(23-14-27-28(15-26(23)35)43-18-42-27)16-37(32)17-29(38)36-31-19(5-2)8-7-9-20(31)6-3/h7-11,13-15,24,30,32H,4-6,12,16-18H2,1-3H3,(H,36,38)(H,39,40)/t24-,30-,32+/m1/s1. The van der Waals surface area contributed by atoms with Crippen LogP contribution in [0.5, 0.6) is 17.2 Å². The van der Waals surface area contributed by atoms with Crippen molar-refractivity contribution in [2.45, 2.75) is 52.0 Å². The molecule has 0 unspecified atom stereocenters. The second kappa shape index (κ2) is 13.0. The minimum absolute atomic E-state index is 0.00476. The van der Waals surface area contributed by atoms with Crippen LogP contribution in [0, 0.1) is 17.6 Å². The number of aryl methyl sites for hydroxylation is 2. The van der Waals surface area contributed by atoms with Crippen molar-refractivity contribution in [1.29, 1.82) is 0 Å². The molecule has 0 spiro atoms. The fourth-order valence-corrected chi connectivity index (χ4v) is 6.12. The van der Waals surface area contributed by atoms with Gasteiger partial charge < -0.3 is 24.6 Å². The number of benzene rings is 3. The summed E-state index contributed by atoms with van der Waals surface area (Å²) in [6, 6.07) is 11.7. The van der Waals surface area contributed by atoms with E-state index in [1.165, 1.54) is 24.3 Å². The maximum atomic E-state index is 15.7. The number of carboxylic acid groups (broad SMARTS) is 1. The van der Waals surface area contributed by atoms with Gasteiger partial charge in [-0.2, -0.15) is 0 Å². The first-order valence-electron chi connectivity index (χ1n) is 14.6. The van der Waals surface area contributed by atoms with E-state index >= 15 is 8.78 Å². The number of hydrogen-bond acceptors (Lipinski definition) is 6. The molecule has 2 aliphatic rings. The normalized spacial score (nSPS) is 19.4. The average Bonchev–Trinajstić information content (AvgIpc) is 3.59. The molecule has 3 aromatic rings. The Balaban J connectivity index is 1.53. The fourth-order valence-electron chi connectivity index (χ4n) is 6.12. The zero-order chi connectivity index (χ0) is 30.7. The van der Waals surface area contributed by atoms with Crippen molar-refractivity contribution in [3.8, 4) is 17.2 Å². The minimum Gasteiger partial charge on any atom is -0.494 e. The second-order valence-electron chi connectivity index (χ2n) is 10.8. The van der Waals surface area contributed by atoms with Gasteiger partial charge in [0.05, 0.1) is 25.1 Å². The summed E-state index contributed by atoms with van der Waals surface area (Å²) in [5.74, 6) is -4.24. The fraction of sp³-hybridized carbons (Fsp3) is 0.394. The number of carbonyl (C=O) groups is 2. The van der Waals surface area contributed by atoms with Crippen LogP contribution in [0.3, 0.4) is 0 Å². The van der Waals surface area contributed by atoms with E-state index in [2.05, 4.69) is 5.32 Å². The molecule has 1 fully saturated rings. The first-order valence-corrected chi connectivity index (χ1v) is 14.6. The monoisotopic (exact) mass is 594 g/mol. The summed E-state index contributed by atoms with van der Waals surface area (Å²) < 4.78 is 47.4. The Morgan fingerprint density at radius 3 is 2.28 bits per heavy atom. The first-order chi connectivity index (χ1) is 20.7. The molecule has 0 aliphatic carbocycles. The number of carbonyl (C=O) groups excluding carboxylic acids is 1. The number of nitrogens with one attached hydrogen (secondary N) is 1. The Hall–Kier alpha value is -4.18. The predicted octanol–water partition coefficient (Wildman–Crippen LogP) is 6.09. The number of carboxylic acids is 1. The van der Waals surface area contributed by atoms with Crippen molar-refractivity contribution in [2.75, 3.05) is 31.8 Å². The van der Waals surface area contributed by atoms with Crippen LogP contribution in [0.1, 0.15) is 61.4 Å². The van der Waals surface area contributed by atoms with Gasteiger partial charge in [0, 0.05) is 35.8 Å². The van der Waals surface area contributed by atoms with Gasteiger partial charge in [-0.1, -0.05) is 45.0 Å². The SMILES string of the molecule is CCCOc1ccc([C@H]2[C@H](C(=O)O)[C@@H](c3cc4c(cc3F)OCO4)CN2CC(=O)Nc2c(CC)cccc2CC)c(F)c1. The number of likely N-dealkylation sites (tertiary alicyclic amines) is 1. The van der Waals surface area contributed by atoms with Gasteiger partial charge in [-0.05, 0) is 48.1 Å². The summed E-state index contributed by atoms with van der Waals surface area (Å²) in [7, 11) is 0. The summed E-state index contributed by atoms with van der Waals surface area (Å²) >= 11 is 0. The maximum absolute atomic E-state index is 15.7. The number of nitrogens with zero attached hydrogens (tertiary/aromatic N) is 1. The zero-order valence-corrected chi connectivity index (χ0v) is 24.5. The molecule has 1 saturated heterocycles. The summed E-state index contributed by atoms with van der Waals surface area (Å²) in [6.07, 6.45) is 2.15. The summed E-state index contributed by atoms with van der Waals surface area (Å²) in [5.41, 5.74) is 2.88. The number of ether oxygens (including phenoxy) is 3. The minimum atomic E-state index is -1.27. The Morgan fingerprint density at radius 1 is 0.977 bits per heavy atom. The largest absolute Gasteiger partial charge is 0.494 e. The van der Waals surface area contributed by atoms with Crippen LogP contribution in [-0.2, 0) is 22.4 Å². The number of fused-ring (bicyclic) bond motifs is 1. The van der Waals surface area contributed by atoms with E-state index in [4.69, 9.17) is 14.2 Å². The lowest BCUT2D eigenvalue weighted by molar-refractivity contribution is -0.143. The van der Waals surface area contributed by atoms with Crippen LogP contribution in [0.15, 0.2) is 48.5 Å². The highest BCUT2D eigenvalue weighted by atomic mass is 19.1. The lowest BCUT2D eigenvalue weighted by atomic mass is 9.82. The van der Waals surface area contributed by atoms with Crippen molar-refractivity contribution in [2.24, 2.45) is 5.92 Å². The molecule has 2 heterocycles. The highest BCUT2D eigenvalue weighted by Gasteiger charge is 2.49. The van der Waals surface area contributed by atoms with E-state index in [1.54, 1.807) is 11.0 Å². The van der Waals surface area contributed by atoms with Crippen LogP contribution in [0.2, 0.25) is 0 Å². The number of amides is 1. The number of para-hydroxylation sites is 1. The molecule has 43 heavy (non-hydrogen) atoms. The highest BCUT2D eigenvalue weighted by molar-refractivity contribution is 5.94. The first kappa shape index (κ1) is 30.3. The Bertz CT molecular complexity index is 1490. The molecular formula is C33H36F2N2O6. The molecule has 0 saturated carbocycles. The van der Waals surface area contributed by atoms with Crippen LogP contribution in [-0.4, -0.2) is 48.4 Å². The molecule has 2 aliphatic heterocycles. The van der Waals surface area contributed by atoms with E-state index < -0.39 is 35.5 Å². The van der Waals surface area contributed by atoms with E-state index in [0.29, 0.717) is 30.9 Å². The summed E-state index contributed by atoms with van der Waals surface area (Å²) in [5, 5.41) is 13.5. The summed E-state index contributed by atoms with van der Waals surface area (Å²) in [6.45, 7) is 6.02. The predicted molar refractivity (Wildman–Crippen MR) is 157 cm³/mol. The van der Waals surface area contributed by atoms with E-state index in [1.807, 2.05) is 39.0 Å². The van der Waals surface area contributed by atoms with Gasteiger partial charge >= 0.3 is 5.97 Å². The van der Waals surface area contributed by atoms with Gasteiger partial charge in [0.1, 0.15) is 17.4 Å². The molecule has 2 N–H and O–H groups in total. The third-order valence-corrected chi connectivity index (χ3v) is 8.15. The van der Waals surface area contributed by atoms with Crippen molar-refractivity contribution in [1.82, 2.24) is 4.90 Å². The molecule has 0 radical (unpaired) electrons. The van der Waals surface area contributed by atoms with E-state index in [9.17, 15) is 14.7 Å². The summed E-state index contributed by atoms with van der Waals surface area (Å²) in [4.78, 5) is 28.0. The van der Waals surface area contributed by atoms with E-state index in [0.717, 1.165) is 23.2 Å². The quantitative estimate of drug-likeness (QED) is 0.277. The Kier molecular flexibility index (Phi) is 9.15. The topological polar surface area (TPSA) is 97.3 Å². The number of anilines is 1. The van der Waals surface area contributed by atoms with Gasteiger partial charge in [0.2, 0.25) is 12.7 Å². The van der Waals surface area contributed by atoms with Crippen molar-refractivity contribution >= 4 is 17.6 Å². The van der Waals surface area contributed by atoms with Gasteiger partial charge in [-0.25, -0.2) is 8.78 Å². The molecule has 0 aromatic heterocycles. The molecule has 3 atom stereocenters. The van der Waals surface area contributed by atoms with Crippen LogP contribution >= 0.6 is 0 Å². The molecule has 8 nitrogen and oxygen atoms in total. The third kappa shape index (κ3) is 6.15. The van der Waals surface area contributed by atoms with Crippen LogP contribution in [0.25, 0.3) is 0 Å². The van der Waals surface area contributed by atoms with Gasteiger partial charge in [-0.15, -0.1) is 0 Å². The number of aliphatic carboxylic acids is 1. The number of rotatable bonds is 11. The van der Waals surface area contributed by atoms with Crippen molar-refractivity contribution in [3.63, 3.8) is 0 Å². The Labute approximate surface area is 249 Å². The molecule has 1 amide bonds. The molecule has 0 bridgehead atoms. The third-order valence-electron chi connectivity index (χ3n) is 8.15. The van der Waals surface area contributed by atoms with Gasteiger partial charge in [0.15, 0.2) is 11.5 Å². The molecule has 3 aromatic carbocycles. The van der Waals surface area contributed by atoms with E-state index in [-0.39, 0.29) is 42.7 Å². The van der Waals surface area contributed by atoms with Crippen molar-refractivity contribution in [3.05, 3.63) is 82.4 Å². The van der Waals surface area contributed by atoms with Gasteiger partial charge in [0.25, 0.3) is 0 Å². The Morgan fingerprint density at radius 2 is 1.65 bits per heavy atom. The van der Waals surface area contributed by atoms with Gasteiger partial charge in [-0.3, -0.25) is 14.5 Å². The smallest absolute Gasteiger partial charge is 0.309 e. The average molecular weight is 595 g/mol. The maximum Gasteiger partial charge on any atom is 0.309 e. The zero-order valence-electron chi connectivity index (χ0n) is 24.5. The van der Waals surface area contributed by atoms with Crippen molar-refractivity contribution < 1.29 is 37.7 Å². The lowest BCUT2D eigenvalue weighted by Gasteiger charge is -2.27. The lowest BCUT2D eigenvalue weighted by Crippen LogP contribution is -2.35. The molecule has 5 rings (SSSR count). The highest BCUT2D eigenvalue weighted by Crippen LogP contribution is 2.49. The number of halogens is 2. The van der Waals surface area contributed by atoms with Crippen LogP contribution < -0.4 is 19.5 Å². The number of hydrogen-bond donors (Lipinski definition) is 2. The van der Waals surface area contributed by atoms with Crippen LogP contribution in [0.4, 0.5) is 14.5 Å². The second-order valence-corrected chi connectivity index (χ2v) is 10.8. The molecule has 228 valence electrons. The molecule has 10 heteroatoms. The molecular weight excluding hydrogens is 558 g/mol.